The van der Waals surface area contributed by atoms with Crippen molar-refractivity contribution >= 4 is 40.8 Å². The molecule has 2 aromatic rings. The number of esters is 1. The maximum absolute atomic E-state index is 14.2. The molecule has 12 heteroatoms. The van der Waals surface area contributed by atoms with Crippen molar-refractivity contribution in [3.63, 3.8) is 0 Å². The molecule has 1 aromatic carbocycles. The Bertz CT molecular complexity index is 1520. The molecule has 44 heavy (non-hydrogen) atoms. The lowest BCUT2D eigenvalue weighted by Gasteiger charge is -2.40. The fourth-order valence-electron chi connectivity index (χ4n) is 5.07. The van der Waals surface area contributed by atoms with E-state index in [1.54, 1.807) is 33.8 Å². The zero-order valence-corrected chi connectivity index (χ0v) is 25.7. The molecular formula is C32H38F2N5O5+. The standard InChI is InChI=1S/C32H37F2N5O5/c1-7-43-30(41)26-14-24(19-8-9-25(17(2)10-19)36-18(3)40)27(29(38-26)37-23-12-21(33)11-22(34)13-23)28(35)20-15-39(16-20)31(42)44-32(4,5)6/h8-14,17,20,25,35H,7,15-16H2,1-6H3,(H,36,40)(H,37,38)/p+1. The van der Waals surface area contributed by atoms with E-state index in [4.69, 9.17) is 9.47 Å². The zero-order valence-electron chi connectivity index (χ0n) is 25.7. The minimum atomic E-state index is -0.794. The zero-order chi connectivity index (χ0) is 32.3. The van der Waals surface area contributed by atoms with Gasteiger partial charge in [0.15, 0.2) is 5.69 Å². The van der Waals surface area contributed by atoms with E-state index < -0.39 is 35.2 Å². The van der Waals surface area contributed by atoms with Crippen molar-refractivity contribution < 1.29 is 38.0 Å². The monoisotopic (exact) mass is 610 g/mol. The van der Waals surface area contributed by atoms with Crippen LogP contribution in [0.4, 0.5) is 25.1 Å². The number of allylic oxidation sites excluding steroid dienone is 2. The number of amides is 2. The van der Waals surface area contributed by atoms with Crippen LogP contribution in [0.15, 0.2) is 42.5 Å². The van der Waals surface area contributed by atoms with Gasteiger partial charge in [0.25, 0.3) is 0 Å². The quantitative estimate of drug-likeness (QED) is 0.230. The third-order valence-electron chi connectivity index (χ3n) is 7.10. The van der Waals surface area contributed by atoms with Gasteiger partial charge in [0.1, 0.15) is 22.9 Å². The van der Waals surface area contributed by atoms with Gasteiger partial charge in [-0.15, -0.1) is 0 Å². The summed E-state index contributed by atoms with van der Waals surface area (Å²) >= 11 is 0. The van der Waals surface area contributed by atoms with E-state index in [2.05, 4.69) is 10.3 Å². The molecule has 0 bridgehead atoms. The first-order chi connectivity index (χ1) is 20.6. The van der Waals surface area contributed by atoms with Crippen molar-refractivity contribution in [2.24, 2.45) is 11.8 Å². The SMILES string of the molecule is CCOC(=O)c1cc(C2=CC(C)C(NC(C)=O)C=C2)c(C(=N)C2CN(C(=O)OC(C)(C)C)C2)c([NH2+]c2cc(F)cc(F)c2)n1. The molecule has 1 aliphatic heterocycles. The Morgan fingerprint density at radius 1 is 1.14 bits per heavy atom. The summed E-state index contributed by atoms with van der Waals surface area (Å²) in [6.07, 6.45) is 5.05. The van der Waals surface area contributed by atoms with Gasteiger partial charge in [-0.25, -0.2) is 18.4 Å². The Hall–Kier alpha value is -4.45. The predicted molar refractivity (Wildman–Crippen MR) is 160 cm³/mol. The average molecular weight is 611 g/mol. The molecule has 1 aromatic heterocycles. The van der Waals surface area contributed by atoms with Gasteiger partial charge < -0.3 is 25.1 Å². The highest BCUT2D eigenvalue weighted by molar-refractivity contribution is 6.09. The van der Waals surface area contributed by atoms with Crippen molar-refractivity contribution in [3.8, 4) is 0 Å². The summed E-state index contributed by atoms with van der Waals surface area (Å²) < 4.78 is 39.0. The number of quaternary nitrogens is 1. The number of benzene rings is 1. The topological polar surface area (TPSA) is 138 Å². The number of aromatic nitrogens is 1. The van der Waals surface area contributed by atoms with Gasteiger partial charge in [0.05, 0.1) is 23.9 Å². The molecule has 1 aliphatic carbocycles. The van der Waals surface area contributed by atoms with Crippen LogP contribution < -0.4 is 10.6 Å². The van der Waals surface area contributed by atoms with Crippen molar-refractivity contribution in [2.75, 3.05) is 19.7 Å². The van der Waals surface area contributed by atoms with E-state index >= 15 is 0 Å². The summed E-state index contributed by atoms with van der Waals surface area (Å²) in [5.41, 5.74) is 1.05. The largest absolute Gasteiger partial charge is 0.461 e. The smallest absolute Gasteiger partial charge is 0.410 e. The molecule has 2 aliphatic rings. The first-order valence-electron chi connectivity index (χ1n) is 14.4. The van der Waals surface area contributed by atoms with E-state index in [1.165, 1.54) is 23.2 Å². The summed E-state index contributed by atoms with van der Waals surface area (Å²) in [6, 6.07) is 4.28. The van der Waals surface area contributed by atoms with Gasteiger partial charge in [-0.1, -0.05) is 25.2 Å². The number of pyridine rings is 1. The molecule has 1 saturated heterocycles. The van der Waals surface area contributed by atoms with Gasteiger partial charge in [-0.3, -0.25) is 10.1 Å². The van der Waals surface area contributed by atoms with E-state index in [0.29, 0.717) is 16.7 Å². The lowest BCUT2D eigenvalue weighted by atomic mass is 9.83. The van der Waals surface area contributed by atoms with Crippen LogP contribution in [-0.4, -0.2) is 64.9 Å². The third-order valence-corrected chi connectivity index (χ3v) is 7.10. The molecule has 0 saturated carbocycles. The first kappa shape index (κ1) is 32.5. The summed E-state index contributed by atoms with van der Waals surface area (Å²) in [5, 5.41) is 13.6. The average Bonchev–Trinajstić information content (AvgIpc) is 2.86. The number of likely N-dealkylation sites (tertiary alicyclic amines) is 1. The van der Waals surface area contributed by atoms with Gasteiger partial charge >= 0.3 is 12.1 Å². The molecule has 2 amide bonds. The maximum Gasteiger partial charge on any atom is 0.410 e. The Morgan fingerprint density at radius 3 is 2.36 bits per heavy atom. The Kier molecular flexibility index (Phi) is 9.62. The van der Waals surface area contributed by atoms with Crippen molar-refractivity contribution in [1.29, 1.82) is 5.41 Å². The lowest BCUT2D eigenvalue weighted by molar-refractivity contribution is -0.483. The summed E-state index contributed by atoms with van der Waals surface area (Å²) in [4.78, 5) is 43.3. The van der Waals surface area contributed by atoms with Crippen LogP contribution in [0.3, 0.4) is 0 Å². The number of ether oxygens (including phenoxy) is 2. The van der Waals surface area contributed by atoms with Crippen LogP contribution in [0.1, 0.15) is 63.2 Å². The molecule has 2 heterocycles. The van der Waals surface area contributed by atoms with Crippen LogP contribution in [0.2, 0.25) is 0 Å². The number of hydrogen-bond acceptors (Lipinski definition) is 7. The van der Waals surface area contributed by atoms with Crippen molar-refractivity contribution in [3.05, 3.63) is 70.9 Å². The highest BCUT2D eigenvalue weighted by atomic mass is 19.1. The van der Waals surface area contributed by atoms with Crippen molar-refractivity contribution in [2.45, 2.75) is 53.2 Å². The van der Waals surface area contributed by atoms with Gasteiger partial charge in [-0.05, 0) is 45.3 Å². The molecular weight excluding hydrogens is 572 g/mol. The second-order valence-corrected chi connectivity index (χ2v) is 11.9. The normalized spacial score (nSPS) is 18.3. The molecule has 1 fully saturated rings. The fourth-order valence-corrected chi connectivity index (χ4v) is 5.07. The van der Waals surface area contributed by atoms with E-state index in [-0.39, 0.29) is 60.5 Å². The van der Waals surface area contributed by atoms with Crippen LogP contribution in [-0.2, 0) is 14.3 Å². The predicted octanol–water partition coefficient (Wildman–Crippen LogP) is 4.39. The number of rotatable bonds is 8. The number of nitrogens with zero attached hydrogens (tertiary/aromatic N) is 2. The van der Waals surface area contributed by atoms with E-state index in [9.17, 15) is 28.6 Å². The Morgan fingerprint density at radius 2 is 1.80 bits per heavy atom. The van der Waals surface area contributed by atoms with Gasteiger partial charge in [0.2, 0.25) is 11.7 Å². The molecule has 0 radical (unpaired) electrons. The molecule has 234 valence electrons. The van der Waals surface area contributed by atoms with Crippen LogP contribution >= 0.6 is 0 Å². The molecule has 4 rings (SSSR count). The minimum absolute atomic E-state index is 0.0450. The highest BCUT2D eigenvalue weighted by Gasteiger charge is 2.39. The number of nitrogens with one attached hydrogen (secondary N) is 2. The number of hydrogen-bond donors (Lipinski definition) is 3. The third kappa shape index (κ3) is 7.73. The maximum atomic E-state index is 14.2. The van der Waals surface area contributed by atoms with E-state index in [0.717, 1.165) is 18.2 Å². The summed E-state index contributed by atoms with van der Waals surface area (Å²) in [5.74, 6) is -2.87. The number of nitrogens with two attached hydrogens (primary N) is 1. The highest BCUT2D eigenvalue weighted by Crippen LogP contribution is 2.34. The van der Waals surface area contributed by atoms with Crippen LogP contribution in [0.5, 0.6) is 0 Å². The van der Waals surface area contributed by atoms with Gasteiger partial charge in [-0.2, -0.15) is 4.98 Å². The Balaban J connectivity index is 1.81. The van der Waals surface area contributed by atoms with Crippen molar-refractivity contribution in [1.82, 2.24) is 15.2 Å². The molecule has 2 unspecified atom stereocenters. The Labute approximate surface area is 255 Å². The van der Waals surface area contributed by atoms with Crippen LogP contribution in [0.25, 0.3) is 5.57 Å². The minimum Gasteiger partial charge on any atom is -0.461 e. The number of carbonyl (C=O) groups is 3. The number of carbonyl (C=O) groups excluding carboxylic acids is 3. The molecule has 4 N–H and O–H groups in total. The van der Waals surface area contributed by atoms with Crippen LogP contribution in [0, 0.1) is 28.9 Å². The second kappa shape index (κ2) is 13.0. The molecule has 0 spiro atoms. The number of halogens is 2. The molecule has 2 atom stereocenters. The summed E-state index contributed by atoms with van der Waals surface area (Å²) in [7, 11) is 0. The van der Waals surface area contributed by atoms with Gasteiger partial charge in [0, 0.05) is 49.7 Å². The first-order valence-corrected chi connectivity index (χ1v) is 14.4. The molecule has 10 nitrogen and oxygen atoms in total. The lowest BCUT2D eigenvalue weighted by Crippen LogP contribution is -2.72. The van der Waals surface area contributed by atoms with E-state index in [1.807, 2.05) is 19.1 Å². The summed E-state index contributed by atoms with van der Waals surface area (Å²) in [6.45, 7) is 10.9. The fraction of sp³-hybridized carbons (Fsp3) is 0.406. The second-order valence-electron chi connectivity index (χ2n) is 11.9.